The molecule has 22 heavy (non-hydrogen) atoms. The second-order valence-electron chi connectivity index (χ2n) is 4.21. The summed E-state index contributed by atoms with van der Waals surface area (Å²) in [6, 6.07) is 9.78. The van der Waals surface area contributed by atoms with Crippen LogP contribution in [0.5, 0.6) is 5.75 Å². The molecule has 0 spiro atoms. The number of ether oxygens (including phenoxy) is 1. The second kappa shape index (κ2) is 7.65. The summed E-state index contributed by atoms with van der Waals surface area (Å²) in [5.41, 5.74) is 2.86. The Morgan fingerprint density at radius 2 is 2.09 bits per heavy atom. The highest BCUT2D eigenvalue weighted by molar-refractivity contribution is 9.10. The number of carbonyl (C=O) groups is 1. The fourth-order valence-electron chi connectivity index (χ4n) is 1.51. The summed E-state index contributed by atoms with van der Waals surface area (Å²) in [5, 5.41) is 3.72. The van der Waals surface area contributed by atoms with Crippen molar-refractivity contribution in [3.8, 4) is 5.75 Å². The molecule has 2 aromatic rings. The number of nitrogens with zero attached hydrogens (tertiary/aromatic N) is 1. The third kappa shape index (κ3) is 4.92. The van der Waals surface area contributed by atoms with Crippen LogP contribution in [0.15, 0.2) is 52.0 Å². The molecule has 0 fully saturated rings. The van der Waals surface area contributed by atoms with Crippen molar-refractivity contribution in [1.29, 1.82) is 0 Å². The van der Waals surface area contributed by atoms with E-state index in [1.165, 1.54) is 48.7 Å². The molecule has 0 aliphatic rings. The highest BCUT2D eigenvalue weighted by Gasteiger charge is 2.02. The summed E-state index contributed by atoms with van der Waals surface area (Å²) < 4.78 is 31.3. The maximum absolute atomic E-state index is 13.0. The van der Waals surface area contributed by atoms with Crippen molar-refractivity contribution in [2.24, 2.45) is 5.10 Å². The van der Waals surface area contributed by atoms with Crippen molar-refractivity contribution in [2.45, 2.75) is 0 Å². The monoisotopic (exact) mass is 368 g/mol. The molecule has 0 atom stereocenters. The average Bonchev–Trinajstić information content (AvgIpc) is 2.49. The van der Waals surface area contributed by atoms with Gasteiger partial charge in [-0.25, -0.2) is 14.2 Å². The minimum absolute atomic E-state index is 0.251. The van der Waals surface area contributed by atoms with Crippen molar-refractivity contribution in [3.63, 3.8) is 0 Å². The summed E-state index contributed by atoms with van der Waals surface area (Å²) in [6.07, 6.45) is 1.37. The molecule has 0 bridgehead atoms. The molecule has 0 radical (unpaired) electrons. The topological polar surface area (TPSA) is 50.7 Å². The first-order valence-corrected chi connectivity index (χ1v) is 6.99. The van der Waals surface area contributed by atoms with Gasteiger partial charge in [0.1, 0.15) is 17.4 Å². The second-order valence-corrected chi connectivity index (χ2v) is 5.07. The number of amides is 1. The fraction of sp³-hybridized carbons (Fsp3) is 0.0667. The Kier molecular flexibility index (Phi) is 5.60. The zero-order valence-corrected chi connectivity index (χ0v) is 12.8. The van der Waals surface area contributed by atoms with Crippen LogP contribution in [-0.2, 0) is 4.79 Å². The van der Waals surface area contributed by atoms with Gasteiger partial charge in [0.05, 0.1) is 10.7 Å². The minimum atomic E-state index is -0.498. The van der Waals surface area contributed by atoms with E-state index in [-0.39, 0.29) is 18.2 Å². The van der Waals surface area contributed by atoms with Crippen LogP contribution < -0.4 is 10.2 Å². The van der Waals surface area contributed by atoms with Gasteiger partial charge in [0, 0.05) is 6.07 Å². The van der Waals surface area contributed by atoms with Crippen LogP contribution in [0.2, 0.25) is 0 Å². The predicted molar refractivity (Wildman–Crippen MR) is 81.7 cm³/mol. The summed E-state index contributed by atoms with van der Waals surface area (Å²) in [7, 11) is 0. The molecule has 0 saturated carbocycles. The molecule has 1 N–H and O–H groups in total. The molecule has 7 heteroatoms. The normalized spacial score (nSPS) is 10.7. The minimum Gasteiger partial charge on any atom is -0.484 e. The van der Waals surface area contributed by atoms with Gasteiger partial charge in [0.15, 0.2) is 6.61 Å². The first kappa shape index (κ1) is 16.1. The van der Waals surface area contributed by atoms with Crippen LogP contribution in [-0.4, -0.2) is 18.7 Å². The predicted octanol–water partition coefficient (Wildman–Crippen LogP) is 3.26. The summed E-state index contributed by atoms with van der Waals surface area (Å²) >= 11 is 3.05. The standard InChI is InChI=1S/C15H11BrF2N2O2/c16-13-6-10(4-5-14(13)18)8-19-20-15(21)9-22-12-3-1-2-11(17)7-12/h1-8H,9H2,(H,20,21)/b19-8-. The van der Waals surface area contributed by atoms with E-state index in [4.69, 9.17) is 4.74 Å². The van der Waals surface area contributed by atoms with Crippen molar-refractivity contribution in [1.82, 2.24) is 5.43 Å². The molecule has 0 saturated heterocycles. The van der Waals surface area contributed by atoms with Gasteiger partial charge in [-0.15, -0.1) is 0 Å². The summed E-state index contributed by atoms with van der Waals surface area (Å²) in [4.78, 5) is 11.5. The number of carbonyl (C=O) groups excluding carboxylic acids is 1. The molecule has 1 amide bonds. The summed E-state index contributed by atoms with van der Waals surface area (Å²) in [5.74, 6) is -1.08. The first-order valence-electron chi connectivity index (χ1n) is 6.20. The molecule has 2 aromatic carbocycles. The largest absolute Gasteiger partial charge is 0.484 e. The van der Waals surface area contributed by atoms with Crippen molar-refractivity contribution in [2.75, 3.05) is 6.61 Å². The van der Waals surface area contributed by atoms with E-state index in [9.17, 15) is 13.6 Å². The number of halogens is 3. The number of nitrogens with one attached hydrogen (secondary N) is 1. The van der Waals surface area contributed by atoms with E-state index >= 15 is 0 Å². The number of hydrogen-bond acceptors (Lipinski definition) is 3. The molecule has 2 rings (SSSR count). The van der Waals surface area contributed by atoms with E-state index < -0.39 is 11.7 Å². The molecular weight excluding hydrogens is 358 g/mol. The SMILES string of the molecule is O=C(COc1cccc(F)c1)N/N=C\c1ccc(F)c(Br)c1. The molecule has 114 valence electrons. The third-order valence-corrected chi connectivity index (χ3v) is 3.12. The Morgan fingerprint density at radius 3 is 2.82 bits per heavy atom. The van der Waals surface area contributed by atoms with E-state index in [2.05, 4.69) is 26.5 Å². The van der Waals surface area contributed by atoms with Crippen LogP contribution in [0.3, 0.4) is 0 Å². The molecule has 4 nitrogen and oxygen atoms in total. The first-order chi connectivity index (χ1) is 10.5. The lowest BCUT2D eigenvalue weighted by molar-refractivity contribution is -0.123. The van der Waals surface area contributed by atoms with Gasteiger partial charge in [-0.2, -0.15) is 5.10 Å². The van der Waals surface area contributed by atoms with E-state index in [0.717, 1.165) is 0 Å². The van der Waals surface area contributed by atoms with Crippen molar-refractivity contribution >= 4 is 28.1 Å². The van der Waals surface area contributed by atoms with Crippen LogP contribution >= 0.6 is 15.9 Å². The van der Waals surface area contributed by atoms with E-state index in [1.807, 2.05) is 0 Å². The van der Waals surface area contributed by atoms with Gasteiger partial charge in [-0.05, 0) is 45.8 Å². The molecule has 0 heterocycles. The number of rotatable bonds is 5. The van der Waals surface area contributed by atoms with Gasteiger partial charge >= 0.3 is 0 Å². The fourth-order valence-corrected chi connectivity index (χ4v) is 1.91. The molecule has 0 aliphatic heterocycles. The smallest absolute Gasteiger partial charge is 0.277 e. The highest BCUT2D eigenvalue weighted by Crippen LogP contribution is 2.15. The lowest BCUT2D eigenvalue weighted by Crippen LogP contribution is -2.24. The summed E-state index contributed by atoms with van der Waals surface area (Å²) in [6.45, 7) is -0.298. The van der Waals surface area contributed by atoms with Crippen LogP contribution in [0, 0.1) is 11.6 Å². The van der Waals surface area contributed by atoms with Crippen molar-refractivity contribution < 1.29 is 18.3 Å². The maximum Gasteiger partial charge on any atom is 0.277 e. The van der Waals surface area contributed by atoms with E-state index in [0.29, 0.717) is 10.0 Å². The Balaban J connectivity index is 1.82. The molecule has 0 aromatic heterocycles. The van der Waals surface area contributed by atoms with Crippen molar-refractivity contribution in [3.05, 3.63) is 64.1 Å². The molecular formula is C15H11BrF2N2O2. The van der Waals surface area contributed by atoms with Gasteiger partial charge < -0.3 is 4.74 Å². The Hall–Kier alpha value is -2.28. The Labute approximate surface area is 133 Å². The van der Waals surface area contributed by atoms with Crippen LogP contribution in [0.25, 0.3) is 0 Å². The Bertz CT molecular complexity index is 708. The molecule has 0 aliphatic carbocycles. The Morgan fingerprint density at radius 1 is 1.27 bits per heavy atom. The van der Waals surface area contributed by atoms with Crippen LogP contribution in [0.4, 0.5) is 8.78 Å². The average molecular weight is 369 g/mol. The van der Waals surface area contributed by atoms with Crippen LogP contribution in [0.1, 0.15) is 5.56 Å². The zero-order chi connectivity index (χ0) is 15.9. The van der Waals surface area contributed by atoms with Gasteiger partial charge in [0.2, 0.25) is 0 Å². The zero-order valence-electron chi connectivity index (χ0n) is 11.2. The quantitative estimate of drug-likeness (QED) is 0.650. The third-order valence-electron chi connectivity index (χ3n) is 2.51. The lowest BCUT2D eigenvalue weighted by atomic mass is 10.2. The lowest BCUT2D eigenvalue weighted by Gasteiger charge is -2.04. The van der Waals surface area contributed by atoms with Gasteiger partial charge in [-0.1, -0.05) is 12.1 Å². The number of hydrazone groups is 1. The number of hydrogen-bond donors (Lipinski definition) is 1. The van der Waals surface area contributed by atoms with E-state index in [1.54, 1.807) is 0 Å². The maximum atomic E-state index is 13.0. The van der Waals surface area contributed by atoms with Gasteiger partial charge in [-0.3, -0.25) is 4.79 Å². The van der Waals surface area contributed by atoms with Gasteiger partial charge in [0.25, 0.3) is 5.91 Å². The molecule has 0 unspecified atom stereocenters. The highest BCUT2D eigenvalue weighted by atomic mass is 79.9. The number of benzene rings is 2.